The standard InChI is InChI=1S/C11H23NO.ClH/c1-9(2)12(10(3)4)8-6-7-11(5)13;/h9-10H,6-8H2,1-5H3;1H/p-1. The van der Waals surface area contributed by atoms with E-state index in [2.05, 4.69) is 32.6 Å². The Hall–Kier alpha value is -0.0800. The third kappa shape index (κ3) is 7.34. The lowest BCUT2D eigenvalue weighted by Gasteiger charge is -2.30. The van der Waals surface area contributed by atoms with Gasteiger partial charge < -0.3 is 17.2 Å². The van der Waals surface area contributed by atoms with E-state index in [1.54, 1.807) is 6.92 Å². The minimum absolute atomic E-state index is 0. The van der Waals surface area contributed by atoms with Gasteiger partial charge in [0.1, 0.15) is 5.78 Å². The van der Waals surface area contributed by atoms with Crippen LogP contribution in [0, 0.1) is 0 Å². The summed E-state index contributed by atoms with van der Waals surface area (Å²) in [5.74, 6) is 0.299. The number of halogens is 1. The average molecular weight is 221 g/mol. The molecule has 14 heavy (non-hydrogen) atoms. The van der Waals surface area contributed by atoms with Crippen molar-refractivity contribution in [3.05, 3.63) is 0 Å². The molecule has 0 rings (SSSR count). The highest BCUT2D eigenvalue weighted by Gasteiger charge is 2.12. The SMILES string of the molecule is CC(=O)CCCN(C(C)C)C(C)C.[Cl-]. The predicted octanol–water partition coefficient (Wildman–Crippen LogP) is -0.522. The van der Waals surface area contributed by atoms with Crippen LogP contribution in [0.2, 0.25) is 0 Å². The summed E-state index contributed by atoms with van der Waals surface area (Å²) in [5.41, 5.74) is 0. The van der Waals surface area contributed by atoms with Crippen molar-refractivity contribution in [1.29, 1.82) is 0 Å². The zero-order valence-electron chi connectivity index (χ0n) is 10.0. The summed E-state index contributed by atoms with van der Waals surface area (Å²) < 4.78 is 0. The number of ketones is 1. The van der Waals surface area contributed by atoms with Crippen LogP contribution >= 0.6 is 0 Å². The third-order valence-corrected chi connectivity index (χ3v) is 2.27. The molecular formula is C11H23ClNO-. The minimum Gasteiger partial charge on any atom is -1.00 e. The summed E-state index contributed by atoms with van der Waals surface area (Å²) in [7, 11) is 0. The van der Waals surface area contributed by atoms with Crippen molar-refractivity contribution >= 4 is 5.78 Å². The molecule has 0 bridgehead atoms. The zero-order valence-corrected chi connectivity index (χ0v) is 10.8. The molecule has 0 N–H and O–H groups in total. The fourth-order valence-corrected chi connectivity index (χ4v) is 1.62. The van der Waals surface area contributed by atoms with Gasteiger partial charge >= 0.3 is 0 Å². The van der Waals surface area contributed by atoms with E-state index in [-0.39, 0.29) is 12.4 Å². The molecule has 0 radical (unpaired) electrons. The maximum absolute atomic E-state index is 10.7. The van der Waals surface area contributed by atoms with Crippen molar-refractivity contribution in [2.75, 3.05) is 6.54 Å². The highest BCUT2D eigenvalue weighted by molar-refractivity contribution is 5.75. The molecule has 0 aliphatic heterocycles. The summed E-state index contributed by atoms with van der Waals surface area (Å²) >= 11 is 0. The van der Waals surface area contributed by atoms with Crippen molar-refractivity contribution < 1.29 is 17.2 Å². The third-order valence-electron chi connectivity index (χ3n) is 2.27. The number of nitrogens with zero attached hydrogens (tertiary/aromatic N) is 1. The second-order valence-corrected chi connectivity index (χ2v) is 4.23. The first-order valence-electron chi connectivity index (χ1n) is 5.20. The number of carbonyl (C=O) groups excluding carboxylic acids is 1. The Labute approximate surface area is 94.5 Å². The molecule has 86 valence electrons. The predicted molar refractivity (Wildman–Crippen MR) is 56.9 cm³/mol. The monoisotopic (exact) mass is 220 g/mol. The van der Waals surface area contributed by atoms with Crippen LogP contribution in [0.4, 0.5) is 0 Å². The van der Waals surface area contributed by atoms with E-state index in [4.69, 9.17) is 0 Å². The first-order chi connectivity index (χ1) is 5.95. The van der Waals surface area contributed by atoms with Crippen molar-refractivity contribution in [3.63, 3.8) is 0 Å². The number of hydrogen-bond donors (Lipinski definition) is 0. The van der Waals surface area contributed by atoms with Crippen LogP contribution in [0.15, 0.2) is 0 Å². The topological polar surface area (TPSA) is 20.3 Å². The molecule has 0 amide bonds. The van der Waals surface area contributed by atoms with Crippen LogP contribution in [0.3, 0.4) is 0 Å². The maximum atomic E-state index is 10.7. The Kier molecular flexibility index (Phi) is 9.63. The largest absolute Gasteiger partial charge is 1.00 e. The summed E-state index contributed by atoms with van der Waals surface area (Å²) in [6.07, 6.45) is 1.71. The van der Waals surface area contributed by atoms with E-state index < -0.39 is 0 Å². The molecule has 0 heterocycles. The van der Waals surface area contributed by atoms with E-state index >= 15 is 0 Å². The molecular weight excluding hydrogens is 198 g/mol. The van der Waals surface area contributed by atoms with Crippen LogP contribution in [-0.2, 0) is 4.79 Å². The quantitative estimate of drug-likeness (QED) is 0.601. The summed E-state index contributed by atoms with van der Waals surface area (Å²) in [6.45, 7) is 11.5. The van der Waals surface area contributed by atoms with Crippen LogP contribution < -0.4 is 12.4 Å². The molecule has 0 aromatic rings. The van der Waals surface area contributed by atoms with Crippen molar-refractivity contribution in [2.24, 2.45) is 0 Å². The van der Waals surface area contributed by atoms with E-state index in [0.717, 1.165) is 19.4 Å². The number of carbonyl (C=O) groups is 1. The molecule has 3 heteroatoms. The molecule has 0 spiro atoms. The highest BCUT2D eigenvalue weighted by atomic mass is 35.5. The summed E-state index contributed by atoms with van der Waals surface area (Å²) in [4.78, 5) is 13.2. The van der Waals surface area contributed by atoms with Gasteiger partial charge in [0, 0.05) is 18.5 Å². The second-order valence-electron chi connectivity index (χ2n) is 4.23. The first kappa shape index (κ1) is 16.4. The molecule has 0 aliphatic rings. The molecule has 0 aromatic heterocycles. The smallest absolute Gasteiger partial charge is 0.129 e. The lowest BCUT2D eigenvalue weighted by molar-refractivity contribution is -0.117. The van der Waals surface area contributed by atoms with Crippen molar-refractivity contribution in [3.8, 4) is 0 Å². The Balaban J connectivity index is 0. The Morgan fingerprint density at radius 2 is 1.57 bits per heavy atom. The molecule has 0 unspecified atom stereocenters. The van der Waals surface area contributed by atoms with E-state index in [9.17, 15) is 4.79 Å². The molecule has 2 nitrogen and oxygen atoms in total. The van der Waals surface area contributed by atoms with Gasteiger partial charge in [0.15, 0.2) is 0 Å². The van der Waals surface area contributed by atoms with Gasteiger partial charge in [-0.3, -0.25) is 4.90 Å². The number of hydrogen-bond acceptors (Lipinski definition) is 2. The van der Waals surface area contributed by atoms with E-state index in [1.807, 2.05) is 0 Å². The lowest BCUT2D eigenvalue weighted by atomic mass is 10.2. The summed E-state index contributed by atoms with van der Waals surface area (Å²) in [5, 5.41) is 0. The lowest BCUT2D eigenvalue weighted by Crippen LogP contribution is -3.00. The van der Waals surface area contributed by atoms with Crippen LogP contribution in [0.25, 0.3) is 0 Å². The van der Waals surface area contributed by atoms with Crippen LogP contribution in [0.5, 0.6) is 0 Å². The van der Waals surface area contributed by atoms with Gasteiger partial charge in [-0.05, 0) is 47.6 Å². The van der Waals surface area contributed by atoms with E-state index in [0.29, 0.717) is 17.9 Å². The molecule has 0 aliphatic carbocycles. The van der Waals surface area contributed by atoms with Crippen LogP contribution in [-0.4, -0.2) is 29.3 Å². The molecule has 0 aromatic carbocycles. The number of rotatable bonds is 6. The normalized spacial score (nSPS) is 10.9. The number of Topliss-reactive ketones (excluding diaryl/α,β-unsaturated/α-hetero) is 1. The van der Waals surface area contributed by atoms with Crippen molar-refractivity contribution in [2.45, 2.75) is 59.5 Å². The molecule has 0 atom stereocenters. The molecule has 0 fully saturated rings. The molecule has 0 saturated heterocycles. The maximum Gasteiger partial charge on any atom is 0.129 e. The fraction of sp³-hybridized carbons (Fsp3) is 0.909. The Morgan fingerprint density at radius 1 is 1.14 bits per heavy atom. The Morgan fingerprint density at radius 3 is 1.86 bits per heavy atom. The van der Waals surface area contributed by atoms with Crippen LogP contribution in [0.1, 0.15) is 47.5 Å². The van der Waals surface area contributed by atoms with Gasteiger partial charge in [0.05, 0.1) is 0 Å². The van der Waals surface area contributed by atoms with Crippen molar-refractivity contribution in [1.82, 2.24) is 4.90 Å². The van der Waals surface area contributed by atoms with Gasteiger partial charge in [-0.2, -0.15) is 0 Å². The van der Waals surface area contributed by atoms with Gasteiger partial charge in [-0.1, -0.05) is 0 Å². The van der Waals surface area contributed by atoms with Gasteiger partial charge in [-0.25, -0.2) is 0 Å². The van der Waals surface area contributed by atoms with Gasteiger partial charge in [0.25, 0.3) is 0 Å². The minimum atomic E-state index is 0. The molecule has 0 saturated carbocycles. The van der Waals surface area contributed by atoms with Gasteiger partial charge in [-0.15, -0.1) is 0 Å². The first-order valence-corrected chi connectivity index (χ1v) is 5.20. The van der Waals surface area contributed by atoms with E-state index in [1.165, 1.54) is 0 Å². The fourth-order valence-electron chi connectivity index (χ4n) is 1.62. The summed E-state index contributed by atoms with van der Waals surface area (Å²) in [6, 6.07) is 1.15. The zero-order chi connectivity index (χ0) is 10.4. The van der Waals surface area contributed by atoms with Gasteiger partial charge in [0.2, 0.25) is 0 Å². The second kappa shape index (κ2) is 8.25. The Bertz CT molecular complexity index is 149. The average Bonchev–Trinajstić information content (AvgIpc) is 1.95. The highest BCUT2D eigenvalue weighted by Crippen LogP contribution is 2.06.